The van der Waals surface area contributed by atoms with E-state index in [0.717, 1.165) is 35.5 Å². The predicted octanol–water partition coefficient (Wildman–Crippen LogP) is 4.69. The second-order valence-electron chi connectivity index (χ2n) is 7.91. The van der Waals surface area contributed by atoms with Crippen molar-refractivity contribution in [3.63, 3.8) is 0 Å². The second-order valence-corrected chi connectivity index (χ2v) is 8.89. The highest BCUT2D eigenvalue weighted by Gasteiger charge is 2.28. The third-order valence-electron chi connectivity index (χ3n) is 5.52. The molecule has 0 aliphatic carbocycles. The number of hydrogen-bond acceptors (Lipinski definition) is 4. The molecular weight excluding hydrogens is 420 g/mol. The first-order valence-electron chi connectivity index (χ1n) is 11.3. The summed E-state index contributed by atoms with van der Waals surface area (Å²) in [4.78, 5) is 27.9. The Morgan fingerprint density at radius 2 is 1.69 bits per heavy atom. The number of carbonyl (C=O) groups excluding carboxylic acids is 2. The number of benzene rings is 2. The Kier molecular flexibility index (Phi) is 11.2. The molecular formula is C26H36N2O3S. The lowest BCUT2D eigenvalue weighted by molar-refractivity contribution is -0.139. The SMILES string of the molecule is CC[C@H](C(=O)N[C@@H](C)CC)N(CCc1ccccc1)C(=O)CSCc1ccc(OC)cc1. The summed E-state index contributed by atoms with van der Waals surface area (Å²) in [7, 11) is 1.65. The summed E-state index contributed by atoms with van der Waals surface area (Å²) >= 11 is 1.57. The highest BCUT2D eigenvalue weighted by atomic mass is 32.2. The Labute approximate surface area is 196 Å². The zero-order valence-corrected chi connectivity index (χ0v) is 20.5. The molecule has 0 fully saturated rings. The highest BCUT2D eigenvalue weighted by molar-refractivity contribution is 7.99. The number of nitrogens with one attached hydrogen (secondary N) is 1. The van der Waals surface area contributed by atoms with Gasteiger partial charge in [-0.3, -0.25) is 9.59 Å². The van der Waals surface area contributed by atoms with Gasteiger partial charge in [-0.05, 0) is 49.4 Å². The second kappa shape index (κ2) is 13.8. The van der Waals surface area contributed by atoms with Gasteiger partial charge in [-0.15, -0.1) is 11.8 Å². The average Bonchev–Trinajstić information content (AvgIpc) is 2.82. The van der Waals surface area contributed by atoms with Gasteiger partial charge in [0.25, 0.3) is 0 Å². The van der Waals surface area contributed by atoms with Gasteiger partial charge >= 0.3 is 0 Å². The molecule has 0 aliphatic rings. The van der Waals surface area contributed by atoms with Gasteiger partial charge in [-0.2, -0.15) is 0 Å². The summed E-state index contributed by atoms with van der Waals surface area (Å²) in [5.74, 6) is 1.83. The number of nitrogens with zero attached hydrogens (tertiary/aromatic N) is 1. The van der Waals surface area contributed by atoms with Crippen LogP contribution >= 0.6 is 11.8 Å². The van der Waals surface area contributed by atoms with Gasteiger partial charge in [0.1, 0.15) is 11.8 Å². The van der Waals surface area contributed by atoms with Crippen molar-refractivity contribution in [1.29, 1.82) is 0 Å². The molecule has 0 unspecified atom stereocenters. The molecule has 5 nitrogen and oxygen atoms in total. The molecule has 2 rings (SSSR count). The smallest absolute Gasteiger partial charge is 0.243 e. The highest BCUT2D eigenvalue weighted by Crippen LogP contribution is 2.18. The number of thioether (sulfide) groups is 1. The van der Waals surface area contributed by atoms with Gasteiger partial charge in [0, 0.05) is 18.3 Å². The molecule has 0 aliphatic heterocycles. The third-order valence-corrected chi connectivity index (χ3v) is 6.51. The van der Waals surface area contributed by atoms with Crippen LogP contribution in [0.4, 0.5) is 0 Å². The van der Waals surface area contributed by atoms with E-state index in [1.807, 2.05) is 63.2 Å². The van der Waals surface area contributed by atoms with Crippen LogP contribution in [0.3, 0.4) is 0 Å². The molecule has 1 N–H and O–H groups in total. The quantitative estimate of drug-likeness (QED) is 0.475. The Hall–Kier alpha value is -2.47. The Morgan fingerprint density at radius 3 is 2.28 bits per heavy atom. The van der Waals surface area contributed by atoms with Gasteiger partial charge < -0.3 is 15.0 Å². The molecule has 0 saturated heterocycles. The average molecular weight is 457 g/mol. The number of methoxy groups -OCH3 is 1. The van der Waals surface area contributed by atoms with E-state index in [4.69, 9.17) is 4.74 Å². The van der Waals surface area contributed by atoms with Crippen LogP contribution in [0.5, 0.6) is 5.75 Å². The van der Waals surface area contributed by atoms with E-state index in [-0.39, 0.29) is 17.9 Å². The number of amides is 2. The topological polar surface area (TPSA) is 58.6 Å². The zero-order valence-electron chi connectivity index (χ0n) is 19.7. The van der Waals surface area contributed by atoms with Crippen LogP contribution in [-0.4, -0.2) is 48.2 Å². The minimum absolute atomic E-state index is 0.00518. The summed E-state index contributed by atoms with van der Waals surface area (Å²) in [5, 5.41) is 3.06. The molecule has 0 saturated carbocycles. The van der Waals surface area contributed by atoms with Gasteiger partial charge in [-0.1, -0.05) is 56.3 Å². The summed E-state index contributed by atoms with van der Waals surface area (Å²) in [6, 6.07) is 17.6. The summed E-state index contributed by atoms with van der Waals surface area (Å²) in [6.45, 7) is 6.53. The van der Waals surface area contributed by atoms with Crippen LogP contribution in [0, 0.1) is 0 Å². The first-order valence-corrected chi connectivity index (χ1v) is 12.5. The van der Waals surface area contributed by atoms with Gasteiger partial charge in [0.15, 0.2) is 0 Å². The summed E-state index contributed by atoms with van der Waals surface area (Å²) in [6.07, 6.45) is 2.17. The van der Waals surface area contributed by atoms with E-state index >= 15 is 0 Å². The number of ether oxygens (including phenoxy) is 1. The minimum atomic E-state index is -0.457. The standard InChI is InChI=1S/C26H36N2O3S/c1-5-20(3)27-26(30)24(6-2)28(17-16-21-10-8-7-9-11-21)25(29)19-32-18-22-12-14-23(31-4)15-13-22/h7-15,20,24H,5-6,16-19H2,1-4H3,(H,27,30)/t20-,24+/m0/s1. The lowest BCUT2D eigenvalue weighted by Gasteiger charge is -2.31. The maximum atomic E-state index is 13.2. The molecule has 0 aromatic heterocycles. The fourth-order valence-electron chi connectivity index (χ4n) is 3.40. The van der Waals surface area contributed by atoms with Crippen LogP contribution in [-0.2, 0) is 21.8 Å². The third kappa shape index (κ3) is 8.23. The number of carbonyl (C=O) groups is 2. The Balaban J connectivity index is 2.04. The van der Waals surface area contributed by atoms with Crippen LogP contribution in [0.15, 0.2) is 54.6 Å². The first-order chi connectivity index (χ1) is 15.5. The van der Waals surface area contributed by atoms with E-state index in [2.05, 4.69) is 17.4 Å². The first kappa shape index (κ1) is 25.8. The van der Waals surface area contributed by atoms with Crippen LogP contribution in [0.25, 0.3) is 0 Å². The summed E-state index contributed by atoms with van der Waals surface area (Å²) in [5.41, 5.74) is 2.30. The monoisotopic (exact) mass is 456 g/mol. The Morgan fingerprint density at radius 1 is 1.00 bits per heavy atom. The van der Waals surface area contributed by atoms with Gasteiger partial charge in [-0.25, -0.2) is 0 Å². The maximum absolute atomic E-state index is 13.2. The Bertz CT molecular complexity index is 827. The molecule has 2 aromatic carbocycles. The molecule has 0 heterocycles. The number of rotatable bonds is 13. The number of hydrogen-bond donors (Lipinski definition) is 1. The van der Waals surface area contributed by atoms with Crippen LogP contribution in [0.2, 0.25) is 0 Å². The maximum Gasteiger partial charge on any atom is 0.243 e. The normalized spacial score (nSPS) is 12.6. The zero-order chi connectivity index (χ0) is 23.3. The van der Waals surface area contributed by atoms with Crippen molar-refractivity contribution in [2.75, 3.05) is 19.4 Å². The fraction of sp³-hybridized carbons (Fsp3) is 0.462. The van der Waals surface area contributed by atoms with Crippen molar-refractivity contribution in [3.05, 3.63) is 65.7 Å². The van der Waals surface area contributed by atoms with E-state index < -0.39 is 6.04 Å². The molecule has 2 aromatic rings. The van der Waals surface area contributed by atoms with Crippen molar-refractivity contribution in [1.82, 2.24) is 10.2 Å². The molecule has 32 heavy (non-hydrogen) atoms. The molecule has 0 radical (unpaired) electrons. The fourth-order valence-corrected chi connectivity index (χ4v) is 4.27. The lowest BCUT2D eigenvalue weighted by atomic mass is 10.1. The van der Waals surface area contributed by atoms with Gasteiger partial charge in [0.05, 0.1) is 12.9 Å². The van der Waals surface area contributed by atoms with E-state index in [1.165, 1.54) is 0 Å². The molecule has 6 heteroatoms. The predicted molar refractivity (Wildman–Crippen MR) is 133 cm³/mol. The summed E-state index contributed by atoms with van der Waals surface area (Å²) < 4.78 is 5.20. The van der Waals surface area contributed by atoms with Crippen molar-refractivity contribution >= 4 is 23.6 Å². The molecule has 0 spiro atoms. The lowest BCUT2D eigenvalue weighted by Crippen LogP contribution is -2.52. The minimum Gasteiger partial charge on any atom is -0.497 e. The molecule has 174 valence electrons. The van der Waals surface area contributed by atoms with Crippen molar-refractivity contribution < 1.29 is 14.3 Å². The largest absolute Gasteiger partial charge is 0.497 e. The van der Waals surface area contributed by atoms with E-state index in [1.54, 1.807) is 23.8 Å². The van der Waals surface area contributed by atoms with Crippen LogP contribution < -0.4 is 10.1 Å². The molecule has 2 amide bonds. The van der Waals surface area contributed by atoms with E-state index in [9.17, 15) is 9.59 Å². The van der Waals surface area contributed by atoms with Crippen molar-refractivity contribution in [2.24, 2.45) is 0 Å². The van der Waals surface area contributed by atoms with Gasteiger partial charge in [0.2, 0.25) is 11.8 Å². The molecule has 0 bridgehead atoms. The van der Waals surface area contributed by atoms with Crippen molar-refractivity contribution in [2.45, 2.75) is 57.9 Å². The van der Waals surface area contributed by atoms with E-state index in [0.29, 0.717) is 18.7 Å². The van der Waals surface area contributed by atoms with Crippen LogP contribution in [0.1, 0.15) is 44.7 Å². The van der Waals surface area contributed by atoms with Crippen molar-refractivity contribution in [3.8, 4) is 5.75 Å². The molecule has 2 atom stereocenters.